The van der Waals surface area contributed by atoms with Crippen LogP contribution in [0.2, 0.25) is 0 Å². The van der Waals surface area contributed by atoms with E-state index < -0.39 is 0 Å². The highest BCUT2D eigenvalue weighted by atomic mass is 16.5. The average Bonchev–Trinajstić information content (AvgIpc) is 2.45. The van der Waals surface area contributed by atoms with Crippen molar-refractivity contribution in [3.63, 3.8) is 0 Å². The smallest absolute Gasteiger partial charge is 0.314 e. The highest BCUT2D eigenvalue weighted by Crippen LogP contribution is 2.36. The summed E-state index contributed by atoms with van der Waals surface area (Å²) in [4.78, 5) is 12.2. The fourth-order valence-corrected chi connectivity index (χ4v) is 2.59. The molecule has 1 unspecified atom stereocenters. The van der Waals surface area contributed by atoms with Crippen LogP contribution in [0.5, 0.6) is 11.5 Å². The summed E-state index contributed by atoms with van der Waals surface area (Å²) >= 11 is 0. The topological polar surface area (TPSA) is 46.5 Å². The molecule has 3 heteroatoms. The predicted molar refractivity (Wildman–Crippen MR) is 95.1 cm³/mol. The van der Waals surface area contributed by atoms with Gasteiger partial charge in [0.2, 0.25) is 0 Å². The summed E-state index contributed by atoms with van der Waals surface area (Å²) in [6, 6.07) is 3.51. The molecular weight excluding hydrogens is 288 g/mol. The molecule has 3 nitrogen and oxygen atoms in total. The van der Waals surface area contributed by atoms with Crippen LogP contribution in [0.1, 0.15) is 77.8 Å². The Hall–Kier alpha value is -1.51. The minimum Gasteiger partial charge on any atom is -0.507 e. The first-order chi connectivity index (χ1) is 10.7. The molecule has 0 fully saturated rings. The molecule has 130 valence electrons. The van der Waals surface area contributed by atoms with Crippen molar-refractivity contribution in [2.75, 3.05) is 0 Å². The molecule has 0 aliphatic rings. The second-order valence-electron chi connectivity index (χ2n) is 7.56. The third-order valence-corrected chi connectivity index (χ3v) is 4.19. The van der Waals surface area contributed by atoms with Gasteiger partial charge in [0.1, 0.15) is 11.5 Å². The van der Waals surface area contributed by atoms with Gasteiger partial charge in [0, 0.05) is 5.56 Å². The first kappa shape index (κ1) is 19.5. The molecule has 1 N–H and O–H groups in total. The number of esters is 1. The van der Waals surface area contributed by atoms with Gasteiger partial charge in [-0.3, -0.25) is 4.79 Å². The van der Waals surface area contributed by atoms with E-state index in [1.165, 1.54) is 19.3 Å². The number of ether oxygens (including phenoxy) is 1. The zero-order valence-corrected chi connectivity index (χ0v) is 15.5. The third-order valence-electron chi connectivity index (χ3n) is 4.19. The van der Waals surface area contributed by atoms with Gasteiger partial charge in [0.25, 0.3) is 0 Å². The van der Waals surface area contributed by atoms with Crippen molar-refractivity contribution in [1.82, 2.24) is 0 Å². The van der Waals surface area contributed by atoms with Crippen LogP contribution in [0.3, 0.4) is 0 Å². The van der Waals surface area contributed by atoms with Gasteiger partial charge in [-0.25, -0.2) is 0 Å². The van der Waals surface area contributed by atoms with E-state index >= 15 is 0 Å². The molecule has 1 aromatic rings. The number of phenols is 1. The number of carbonyl (C=O) groups excluding carboxylic acids is 1. The Bertz CT molecular complexity index is 526. The normalized spacial score (nSPS) is 13.0. The molecule has 23 heavy (non-hydrogen) atoms. The van der Waals surface area contributed by atoms with E-state index in [1.807, 2.05) is 34.6 Å². The standard InChI is InChI=1S/C20H32O3/c1-7-8-9-10-11-14(2)19(22)23-16-12-15(3)18(21)17(13-16)20(4,5)6/h12-14,21H,7-11H2,1-6H3. The first-order valence-corrected chi connectivity index (χ1v) is 8.72. The predicted octanol–water partition coefficient (Wildman–Crippen LogP) is 5.51. The molecule has 0 saturated carbocycles. The lowest BCUT2D eigenvalue weighted by Gasteiger charge is -2.22. The van der Waals surface area contributed by atoms with Gasteiger partial charge >= 0.3 is 5.97 Å². The Kier molecular flexibility index (Phi) is 7.11. The van der Waals surface area contributed by atoms with Crippen molar-refractivity contribution in [1.29, 1.82) is 0 Å². The summed E-state index contributed by atoms with van der Waals surface area (Å²) in [6.45, 7) is 12.0. The molecule has 0 amide bonds. The van der Waals surface area contributed by atoms with E-state index in [0.717, 1.165) is 24.0 Å². The van der Waals surface area contributed by atoms with E-state index in [1.54, 1.807) is 12.1 Å². The molecule has 0 aliphatic carbocycles. The second kappa shape index (κ2) is 8.37. The minimum absolute atomic E-state index is 0.0981. The largest absolute Gasteiger partial charge is 0.507 e. The molecule has 0 heterocycles. The molecule has 0 aliphatic heterocycles. The quantitative estimate of drug-likeness (QED) is 0.409. The fraction of sp³-hybridized carbons (Fsp3) is 0.650. The summed E-state index contributed by atoms with van der Waals surface area (Å²) in [5.41, 5.74) is 1.33. The van der Waals surface area contributed by atoms with E-state index in [-0.39, 0.29) is 23.1 Å². The Morgan fingerprint density at radius 2 is 1.87 bits per heavy atom. The van der Waals surface area contributed by atoms with Crippen LogP contribution in [-0.4, -0.2) is 11.1 Å². The van der Waals surface area contributed by atoms with Crippen LogP contribution >= 0.6 is 0 Å². The van der Waals surface area contributed by atoms with Crippen LogP contribution in [0.4, 0.5) is 0 Å². The number of hydrogen-bond donors (Lipinski definition) is 1. The maximum atomic E-state index is 12.2. The first-order valence-electron chi connectivity index (χ1n) is 8.72. The lowest BCUT2D eigenvalue weighted by Crippen LogP contribution is -2.19. The fourth-order valence-electron chi connectivity index (χ4n) is 2.59. The number of aryl methyl sites for hydroxylation is 1. The monoisotopic (exact) mass is 320 g/mol. The van der Waals surface area contributed by atoms with Crippen LogP contribution < -0.4 is 4.74 Å². The molecule has 0 saturated heterocycles. The van der Waals surface area contributed by atoms with Gasteiger partial charge in [-0.15, -0.1) is 0 Å². The van der Waals surface area contributed by atoms with Crippen LogP contribution in [0.15, 0.2) is 12.1 Å². The van der Waals surface area contributed by atoms with Crippen molar-refractivity contribution >= 4 is 5.97 Å². The Labute approximate surface area is 141 Å². The van der Waals surface area contributed by atoms with Crippen molar-refractivity contribution in [2.24, 2.45) is 5.92 Å². The van der Waals surface area contributed by atoms with Gasteiger partial charge in [-0.2, -0.15) is 0 Å². The number of carbonyl (C=O) groups is 1. The lowest BCUT2D eigenvalue weighted by molar-refractivity contribution is -0.138. The molecular formula is C20H32O3. The third kappa shape index (κ3) is 5.89. The van der Waals surface area contributed by atoms with E-state index in [0.29, 0.717) is 5.75 Å². The molecule has 1 aromatic carbocycles. The summed E-state index contributed by atoms with van der Waals surface area (Å²) in [5.74, 6) is 0.519. The Morgan fingerprint density at radius 3 is 2.43 bits per heavy atom. The zero-order valence-electron chi connectivity index (χ0n) is 15.5. The number of hydrogen-bond acceptors (Lipinski definition) is 3. The number of rotatable bonds is 7. The summed E-state index contributed by atoms with van der Waals surface area (Å²) in [7, 11) is 0. The zero-order chi connectivity index (χ0) is 17.6. The average molecular weight is 320 g/mol. The molecule has 0 bridgehead atoms. The van der Waals surface area contributed by atoms with Crippen LogP contribution in [0.25, 0.3) is 0 Å². The lowest BCUT2D eigenvalue weighted by atomic mass is 9.85. The summed E-state index contributed by atoms with van der Waals surface area (Å²) in [5, 5.41) is 10.2. The Balaban J connectivity index is 2.77. The molecule has 0 spiro atoms. The van der Waals surface area contributed by atoms with Crippen LogP contribution in [-0.2, 0) is 10.2 Å². The SMILES string of the molecule is CCCCCCC(C)C(=O)Oc1cc(C)c(O)c(C(C)(C)C)c1. The van der Waals surface area contributed by atoms with Gasteiger partial charge in [-0.05, 0) is 36.5 Å². The minimum atomic E-state index is -0.205. The highest BCUT2D eigenvalue weighted by Gasteiger charge is 2.22. The Morgan fingerprint density at radius 1 is 1.22 bits per heavy atom. The van der Waals surface area contributed by atoms with Crippen LogP contribution in [0, 0.1) is 12.8 Å². The molecule has 1 atom stereocenters. The second-order valence-corrected chi connectivity index (χ2v) is 7.56. The van der Waals surface area contributed by atoms with Crippen molar-refractivity contribution in [3.8, 4) is 11.5 Å². The van der Waals surface area contributed by atoms with Gasteiger partial charge in [0.15, 0.2) is 0 Å². The van der Waals surface area contributed by atoms with Crippen molar-refractivity contribution in [2.45, 2.75) is 79.1 Å². The van der Waals surface area contributed by atoms with E-state index in [2.05, 4.69) is 6.92 Å². The molecule has 0 aromatic heterocycles. The summed E-state index contributed by atoms with van der Waals surface area (Å²) < 4.78 is 5.55. The molecule has 0 radical (unpaired) electrons. The van der Waals surface area contributed by atoms with Gasteiger partial charge < -0.3 is 9.84 Å². The number of unbranched alkanes of at least 4 members (excludes halogenated alkanes) is 3. The van der Waals surface area contributed by atoms with Crippen molar-refractivity contribution in [3.05, 3.63) is 23.3 Å². The number of aromatic hydroxyl groups is 1. The highest BCUT2D eigenvalue weighted by molar-refractivity contribution is 5.75. The van der Waals surface area contributed by atoms with Gasteiger partial charge in [-0.1, -0.05) is 60.3 Å². The number of phenolic OH excluding ortho intramolecular Hbond substituents is 1. The van der Waals surface area contributed by atoms with Gasteiger partial charge in [0.05, 0.1) is 5.92 Å². The maximum absolute atomic E-state index is 12.2. The maximum Gasteiger partial charge on any atom is 0.314 e. The summed E-state index contributed by atoms with van der Waals surface area (Å²) in [6.07, 6.45) is 5.50. The van der Waals surface area contributed by atoms with E-state index in [4.69, 9.17) is 4.74 Å². The van der Waals surface area contributed by atoms with E-state index in [9.17, 15) is 9.90 Å². The molecule has 1 rings (SSSR count). The van der Waals surface area contributed by atoms with Crippen molar-refractivity contribution < 1.29 is 14.6 Å². The number of benzene rings is 1.